The normalized spacial score (nSPS) is 21.2. The van der Waals surface area contributed by atoms with Crippen molar-refractivity contribution in [1.82, 2.24) is 14.8 Å². The average Bonchev–Trinajstić information content (AvgIpc) is 3.21. The first-order valence-electron chi connectivity index (χ1n) is 11.2. The summed E-state index contributed by atoms with van der Waals surface area (Å²) in [5.74, 6) is -5.35. The van der Waals surface area contributed by atoms with E-state index in [1.807, 2.05) is 32.4 Å². The van der Waals surface area contributed by atoms with Crippen molar-refractivity contribution in [2.45, 2.75) is 56.5 Å². The van der Waals surface area contributed by atoms with Crippen LogP contribution in [0.1, 0.15) is 24.8 Å². The Kier molecular flexibility index (Phi) is 12.9. The van der Waals surface area contributed by atoms with Crippen LogP contribution in [0.2, 0.25) is 0 Å². The number of alkyl halides is 6. The molecule has 0 radical (unpaired) electrons. The minimum Gasteiger partial charge on any atom is -0.475 e. The number of hydrogen-bond donors (Lipinski definition) is 2. The number of amides is 1. The number of likely N-dealkylation sites (N-methyl/N-ethyl adjacent to an activating group) is 1. The van der Waals surface area contributed by atoms with E-state index >= 15 is 0 Å². The van der Waals surface area contributed by atoms with E-state index in [-0.39, 0.29) is 18.1 Å². The molecule has 3 heterocycles. The molecule has 0 spiro atoms. The molecule has 2 saturated heterocycles. The second-order valence-electron chi connectivity index (χ2n) is 8.47. The van der Waals surface area contributed by atoms with Gasteiger partial charge in [-0.3, -0.25) is 14.7 Å². The van der Waals surface area contributed by atoms with Crippen molar-refractivity contribution in [1.29, 1.82) is 0 Å². The molecule has 0 aliphatic carbocycles. The van der Waals surface area contributed by atoms with Gasteiger partial charge in [-0.1, -0.05) is 6.07 Å². The van der Waals surface area contributed by atoms with Crippen LogP contribution in [0.5, 0.6) is 0 Å². The Hall–Kier alpha value is -2.98. The van der Waals surface area contributed by atoms with Gasteiger partial charge in [-0.15, -0.1) is 0 Å². The number of pyridine rings is 1. The highest BCUT2D eigenvalue weighted by Gasteiger charge is 2.41. The minimum absolute atomic E-state index is 0.160. The van der Waals surface area contributed by atoms with Gasteiger partial charge in [0.15, 0.2) is 0 Å². The van der Waals surface area contributed by atoms with E-state index in [4.69, 9.17) is 29.3 Å². The van der Waals surface area contributed by atoms with Crippen LogP contribution in [-0.4, -0.2) is 107 Å². The maximum absolute atomic E-state index is 11.9. The van der Waals surface area contributed by atoms with Crippen LogP contribution in [0.3, 0.4) is 0 Å². The zero-order valence-corrected chi connectivity index (χ0v) is 20.5. The van der Waals surface area contributed by atoms with Gasteiger partial charge in [0.05, 0.1) is 32.0 Å². The molecule has 1 aromatic heterocycles. The molecule has 2 fully saturated rings. The lowest BCUT2D eigenvalue weighted by atomic mass is 9.99. The molecule has 38 heavy (non-hydrogen) atoms. The number of halogens is 6. The first-order valence-corrected chi connectivity index (χ1v) is 11.2. The quantitative estimate of drug-likeness (QED) is 0.504. The van der Waals surface area contributed by atoms with Gasteiger partial charge in [-0.2, -0.15) is 26.3 Å². The number of nitrogens with zero attached hydrogens (tertiary/aromatic N) is 3. The van der Waals surface area contributed by atoms with Gasteiger partial charge in [0.25, 0.3) is 0 Å². The molecule has 0 bridgehead atoms. The van der Waals surface area contributed by atoms with Crippen LogP contribution in [0.15, 0.2) is 24.5 Å². The summed E-state index contributed by atoms with van der Waals surface area (Å²) in [4.78, 5) is 37.8. The fraction of sp³-hybridized carbons (Fsp3) is 0.636. The van der Waals surface area contributed by atoms with Crippen LogP contribution in [0.4, 0.5) is 26.3 Å². The topological polar surface area (TPSA) is 130 Å². The Morgan fingerprint density at radius 1 is 1.08 bits per heavy atom. The first-order chi connectivity index (χ1) is 17.5. The number of carbonyl (C=O) groups is 3. The summed E-state index contributed by atoms with van der Waals surface area (Å²) >= 11 is 0. The van der Waals surface area contributed by atoms with Gasteiger partial charge >= 0.3 is 24.3 Å². The number of rotatable bonds is 6. The van der Waals surface area contributed by atoms with Gasteiger partial charge < -0.3 is 24.6 Å². The number of fused-ring (bicyclic) bond motifs is 1. The summed E-state index contributed by atoms with van der Waals surface area (Å²) in [6, 6.07) is 4.31. The highest BCUT2D eigenvalue weighted by atomic mass is 19.4. The summed E-state index contributed by atoms with van der Waals surface area (Å²) in [6.45, 7) is 2.64. The Balaban J connectivity index is 0.000000426. The van der Waals surface area contributed by atoms with Crippen molar-refractivity contribution < 1.29 is 60.4 Å². The molecule has 16 heteroatoms. The molecule has 2 N–H and O–H groups in total. The fourth-order valence-electron chi connectivity index (χ4n) is 3.51. The average molecular weight is 561 g/mol. The monoisotopic (exact) mass is 561 g/mol. The van der Waals surface area contributed by atoms with Crippen LogP contribution in [0, 0.1) is 0 Å². The van der Waals surface area contributed by atoms with Crippen molar-refractivity contribution in [3.63, 3.8) is 0 Å². The molecule has 10 nitrogen and oxygen atoms in total. The van der Waals surface area contributed by atoms with E-state index in [1.54, 1.807) is 11.1 Å². The van der Waals surface area contributed by atoms with E-state index in [2.05, 4.69) is 9.88 Å². The predicted octanol–water partition coefficient (Wildman–Crippen LogP) is 2.57. The van der Waals surface area contributed by atoms with E-state index in [0.717, 1.165) is 31.4 Å². The molecule has 1 aromatic rings. The van der Waals surface area contributed by atoms with Crippen molar-refractivity contribution in [3.05, 3.63) is 30.1 Å². The van der Waals surface area contributed by atoms with Crippen molar-refractivity contribution >= 4 is 17.8 Å². The number of carboxylic acids is 2. The molecule has 0 unspecified atom stereocenters. The van der Waals surface area contributed by atoms with Gasteiger partial charge in [0.2, 0.25) is 5.91 Å². The molecule has 216 valence electrons. The van der Waals surface area contributed by atoms with Crippen LogP contribution < -0.4 is 0 Å². The number of likely N-dealkylation sites (tertiary alicyclic amines) is 1. The minimum atomic E-state index is -5.08. The summed E-state index contributed by atoms with van der Waals surface area (Å²) in [7, 11) is 3.62. The van der Waals surface area contributed by atoms with Crippen LogP contribution >= 0.6 is 0 Å². The van der Waals surface area contributed by atoms with Crippen LogP contribution in [-0.2, 0) is 30.5 Å². The highest BCUT2D eigenvalue weighted by molar-refractivity contribution is 5.77. The molecule has 0 saturated carbocycles. The summed E-state index contributed by atoms with van der Waals surface area (Å²) in [5, 5.41) is 14.2. The lowest BCUT2D eigenvalue weighted by Gasteiger charge is -2.36. The predicted molar refractivity (Wildman–Crippen MR) is 118 cm³/mol. The molecule has 3 atom stereocenters. The number of hydrogen-bond acceptors (Lipinski definition) is 7. The zero-order chi connectivity index (χ0) is 29.1. The number of ether oxygens (including phenoxy) is 2. The Morgan fingerprint density at radius 2 is 1.66 bits per heavy atom. The summed E-state index contributed by atoms with van der Waals surface area (Å²) in [5.41, 5.74) is 1.08. The van der Waals surface area contributed by atoms with E-state index < -0.39 is 24.3 Å². The van der Waals surface area contributed by atoms with Gasteiger partial charge in [-0.25, -0.2) is 9.59 Å². The second-order valence-corrected chi connectivity index (χ2v) is 8.47. The maximum Gasteiger partial charge on any atom is 0.490 e. The van der Waals surface area contributed by atoms with Crippen molar-refractivity contribution in [3.8, 4) is 0 Å². The lowest BCUT2D eigenvalue weighted by Crippen LogP contribution is -2.46. The number of carbonyl (C=O) groups excluding carboxylic acids is 1. The maximum atomic E-state index is 11.9. The standard InChI is InChI=1S/C18H27N3O3.2C2HF3O2/c1-20(2)18(22)11-21-9-7-17-16(21)6-5-15(24-17)13-23-12-14-4-3-8-19-10-14;2*3-2(4,5)1(6)7/h3-4,8,10,15-17H,5-7,9,11-13H2,1-2H3;2*(H,6,7)/t15-,16+,17+;;/m1../s1. The Morgan fingerprint density at radius 3 is 2.13 bits per heavy atom. The highest BCUT2D eigenvalue weighted by Crippen LogP contribution is 2.31. The molecule has 1 amide bonds. The molecule has 0 aromatic carbocycles. The number of aliphatic carboxylic acids is 2. The Bertz CT molecular complexity index is 876. The van der Waals surface area contributed by atoms with E-state index in [9.17, 15) is 31.1 Å². The van der Waals surface area contributed by atoms with E-state index in [1.165, 1.54) is 0 Å². The first kappa shape index (κ1) is 33.0. The molecular weight excluding hydrogens is 532 g/mol. The van der Waals surface area contributed by atoms with Crippen molar-refractivity contribution in [2.75, 3.05) is 33.8 Å². The summed E-state index contributed by atoms with van der Waals surface area (Å²) < 4.78 is 75.5. The fourth-order valence-corrected chi connectivity index (χ4v) is 3.51. The number of aromatic nitrogens is 1. The number of carboxylic acid groups (broad SMARTS) is 2. The third-order valence-electron chi connectivity index (χ3n) is 5.37. The second kappa shape index (κ2) is 14.8. The molecule has 2 aliphatic rings. The van der Waals surface area contributed by atoms with Gasteiger partial charge in [-0.05, 0) is 30.9 Å². The SMILES string of the molecule is CN(C)C(=O)CN1CC[C@@H]2O[C@@H](COCc3cccnc3)CC[C@@H]21.O=C(O)C(F)(F)F.O=C(O)C(F)(F)F. The van der Waals surface area contributed by atoms with Gasteiger partial charge in [0, 0.05) is 39.1 Å². The molecular formula is C22H29F6N3O7. The lowest BCUT2D eigenvalue weighted by molar-refractivity contribution is -0.193. The van der Waals surface area contributed by atoms with E-state index in [0.29, 0.717) is 25.8 Å². The summed E-state index contributed by atoms with van der Waals surface area (Å²) in [6.07, 6.45) is -3.11. The molecule has 3 rings (SSSR count). The Labute approximate surface area is 214 Å². The third-order valence-corrected chi connectivity index (χ3v) is 5.37. The smallest absolute Gasteiger partial charge is 0.475 e. The molecule has 2 aliphatic heterocycles. The van der Waals surface area contributed by atoms with Gasteiger partial charge in [0.1, 0.15) is 0 Å². The van der Waals surface area contributed by atoms with Crippen molar-refractivity contribution in [2.24, 2.45) is 0 Å². The zero-order valence-electron chi connectivity index (χ0n) is 20.5. The third kappa shape index (κ3) is 12.0. The van der Waals surface area contributed by atoms with Crippen LogP contribution in [0.25, 0.3) is 0 Å². The largest absolute Gasteiger partial charge is 0.490 e.